The second-order valence-corrected chi connectivity index (χ2v) is 4.91. The van der Waals surface area contributed by atoms with Crippen molar-refractivity contribution >= 4 is 5.82 Å². The Hall–Kier alpha value is -1.36. The molecule has 5 nitrogen and oxygen atoms in total. The summed E-state index contributed by atoms with van der Waals surface area (Å²) in [5.41, 5.74) is 5.90. The van der Waals surface area contributed by atoms with Crippen molar-refractivity contribution in [1.29, 1.82) is 0 Å². The van der Waals surface area contributed by atoms with E-state index < -0.39 is 0 Å². The number of rotatable bonds is 6. The van der Waals surface area contributed by atoms with E-state index in [1.165, 1.54) is 12.7 Å². The summed E-state index contributed by atoms with van der Waals surface area (Å²) in [6.45, 7) is 3.69. The molecule has 2 rings (SSSR count). The Kier molecular flexibility index (Phi) is 4.75. The highest BCUT2D eigenvalue weighted by molar-refractivity contribution is 5.37. The van der Waals surface area contributed by atoms with Gasteiger partial charge in [0.05, 0.1) is 6.61 Å². The number of hydrogen-bond acceptors (Lipinski definition) is 5. The molecule has 18 heavy (non-hydrogen) atoms. The fraction of sp³-hybridized carbons (Fsp3) is 0.692. The fourth-order valence-corrected chi connectivity index (χ4v) is 2.27. The summed E-state index contributed by atoms with van der Waals surface area (Å²) in [5, 5.41) is 3.34. The molecule has 5 heteroatoms. The minimum absolute atomic E-state index is 0.380. The first-order valence-corrected chi connectivity index (χ1v) is 6.72. The largest absolute Gasteiger partial charge is 0.478 e. The van der Waals surface area contributed by atoms with Gasteiger partial charge in [-0.2, -0.15) is 0 Å². The second-order valence-electron chi connectivity index (χ2n) is 4.91. The van der Waals surface area contributed by atoms with Gasteiger partial charge in [0.15, 0.2) is 0 Å². The van der Waals surface area contributed by atoms with Gasteiger partial charge in [-0.1, -0.05) is 6.92 Å². The van der Waals surface area contributed by atoms with Gasteiger partial charge in [0.2, 0.25) is 5.88 Å². The molecule has 0 aromatic carbocycles. The van der Waals surface area contributed by atoms with Crippen LogP contribution in [0.15, 0.2) is 12.4 Å². The maximum atomic E-state index is 5.90. The molecule has 2 unspecified atom stereocenters. The van der Waals surface area contributed by atoms with Crippen LogP contribution < -0.4 is 15.8 Å². The Morgan fingerprint density at radius 3 is 3.06 bits per heavy atom. The molecule has 3 N–H and O–H groups in total. The molecule has 1 aliphatic carbocycles. The van der Waals surface area contributed by atoms with Crippen LogP contribution in [0.5, 0.6) is 5.88 Å². The molecular formula is C13H22N4O. The van der Waals surface area contributed by atoms with E-state index in [-0.39, 0.29) is 0 Å². The molecule has 1 aromatic rings. The van der Waals surface area contributed by atoms with Crippen LogP contribution in [0.3, 0.4) is 0 Å². The number of hydrogen-bond donors (Lipinski definition) is 2. The van der Waals surface area contributed by atoms with Gasteiger partial charge in [-0.25, -0.2) is 9.97 Å². The highest BCUT2D eigenvalue weighted by atomic mass is 16.5. The number of nitrogens with one attached hydrogen (secondary N) is 1. The molecule has 1 aromatic heterocycles. The summed E-state index contributed by atoms with van der Waals surface area (Å²) in [4.78, 5) is 8.27. The fourth-order valence-electron chi connectivity index (χ4n) is 2.27. The molecule has 0 bridgehead atoms. The zero-order valence-corrected chi connectivity index (χ0v) is 10.9. The van der Waals surface area contributed by atoms with Crippen molar-refractivity contribution in [2.24, 2.45) is 11.7 Å². The third-order valence-corrected chi connectivity index (χ3v) is 3.25. The standard InChI is InChI=1S/C13H22N4O/c1-2-5-18-13-7-12(16-9-17-13)15-8-10-3-4-11(14)6-10/h7,9-11H,2-6,8,14H2,1H3,(H,15,16,17). The molecule has 2 atom stereocenters. The van der Waals surface area contributed by atoms with Crippen LogP contribution in [0.2, 0.25) is 0 Å². The van der Waals surface area contributed by atoms with Crippen LogP contribution in [0, 0.1) is 5.92 Å². The maximum Gasteiger partial charge on any atom is 0.218 e. The molecule has 1 heterocycles. The number of anilines is 1. The molecular weight excluding hydrogens is 228 g/mol. The third-order valence-electron chi connectivity index (χ3n) is 3.25. The van der Waals surface area contributed by atoms with E-state index in [9.17, 15) is 0 Å². The lowest BCUT2D eigenvalue weighted by atomic mass is 10.1. The molecule has 1 aliphatic rings. The molecule has 100 valence electrons. The van der Waals surface area contributed by atoms with Crippen LogP contribution in [-0.2, 0) is 0 Å². The molecule has 0 radical (unpaired) electrons. The van der Waals surface area contributed by atoms with Crippen molar-refractivity contribution in [3.05, 3.63) is 12.4 Å². The molecule has 0 aliphatic heterocycles. The Bertz CT molecular complexity index is 372. The van der Waals surface area contributed by atoms with Crippen molar-refractivity contribution in [1.82, 2.24) is 9.97 Å². The average molecular weight is 250 g/mol. The summed E-state index contributed by atoms with van der Waals surface area (Å²) in [6.07, 6.45) is 5.97. The van der Waals surface area contributed by atoms with E-state index in [4.69, 9.17) is 10.5 Å². The van der Waals surface area contributed by atoms with Gasteiger partial charge in [0.1, 0.15) is 12.1 Å². The summed E-state index contributed by atoms with van der Waals surface area (Å²) in [5.74, 6) is 2.13. The van der Waals surface area contributed by atoms with Gasteiger partial charge >= 0.3 is 0 Å². The maximum absolute atomic E-state index is 5.90. The van der Waals surface area contributed by atoms with E-state index in [2.05, 4.69) is 22.2 Å². The van der Waals surface area contributed by atoms with Crippen LogP contribution >= 0.6 is 0 Å². The van der Waals surface area contributed by atoms with E-state index in [0.717, 1.165) is 31.6 Å². The first-order chi connectivity index (χ1) is 8.78. The van der Waals surface area contributed by atoms with Crippen molar-refractivity contribution in [3.8, 4) is 5.88 Å². The number of nitrogens with two attached hydrogens (primary N) is 1. The highest BCUT2D eigenvalue weighted by Crippen LogP contribution is 2.24. The zero-order chi connectivity index (χ0) is 12.8. The van der Waals surface area contributed by atoms with Crippen molar-refractivity contribution < 1.29 is 4.74 Å². The first-order valence-electron chi connectivity index (χ1n) is 6.72. The minimum Gasteiger partial charge on any atom is -0.478 e. The van der Waals surface area contributed by atoms with Crippen molar-refractivity contribution in [2.45, 2.75) is 38.6 Å². The number of aromatic nitrogens is 2. The first kappa shape index (κ1) is 13.1. The minimum atomic E-state index is 0.380. The number of nitrogens with zero attached hydrogens (tertiary/aromatic N) is 2. The lowest BCUT2D eigenvalue weighted by molar-refractivity contribution is 0.305. The topological polar surface area (TPSA) is 73.1 Å². The predicted molar refractivity (Wildman–Crippen MR) is 71.6 cm³/mol. The summed E-state index contributed by atoms with van der Waals surface area (Å²) in [7, 11) is 0. The Morgan fingerprint density at radius 1 is 1.44 bits per heavy atom. The molecule has 0 spiro atoms. The summed E-state index contributed by atoms with van der Waals surface area (Å²) >= 11 is 0. The van der Waals surface area contributed by atoms with Gasteiger partial charge in [-0.15, -0.1) is 0 Å². The lowest BCUT2D eigenvalue weighted by Gasteiger charge is -2.12. The lowest BCUT2D eigenvalue weighted by Crippen LogP contribution is -2.18. The molecule has 1 fully saturated rings. The van der Waals surface area contributed by atoms with Crippen molar-refractivity contribution in [2.75, 3.05) is 18.5 Å². The third kappa shape index (κ3) is 3.84. The Morgan fingerprint density at radius 2 is 2.33 bits per heavy atom. The van der Waals surface area contributed by atoms with Gasteiger partial charge in [0, 0.05) is 18.7 Å². The molecule has 1 saturated carbocycles. The van der Waals surface area contributed by atoms with E-state index in [1.54, 1.807) is 0 Å². The molecule has 0 amide bonds. The number of ether oxygens (including phenoxy) is 1. The summed E-state index contributed by atoms with van der Waals surface area (Å²) < 4.78 is 5.47. The Balaban J connectivity index is 1.81. The van der Waals surface area contributed by atoms with Crippen LogP contribution in [-0.4, -0.2) is 29.2 Å². The highest BCUT2D eigenvalue weighted by Gasteiger charge is 2.21. The quantitative estimate of drug-likeness (QED) is 0.805. The van der Waals surface area contributed by atoms with Gasteiger partial charge in [0.25, 0.3) is 0 Å². The van der Waals surface area contributed by atoms with E-state index >= 15 is 0 Å². The SMILES string of the molecule is CCCOc1cc(NCC2CCC(N)C2)ncn1. The normalized spacial score (nSPS) is 23.0. The smallest absolute Gasteiger partial charge is 0.218 e. The van der Waals surface area contributed by atoms with E-state index in [0.29, 0.717) is 24.4 Å². The van der Waals surface area contributed by atoms with Gasteiger partial charge < -0.3 is 15.8 Å². The van der Waals surface area contributed by atoms with Gasteiger partial charge in [-0.3, -0.25) is 0 Å². The summed E-state index contributed by atoms with van der Waals surface area (Å²) in [6, 6.07) is 2.23. The average Bonchev–Trinajstić information content (AvgIpc) is 2.80. The Labute approximate surface area is 108 Å². The monoisotopic (exact) mass is 250 g/mol. The van der Waals surface area contributed by atoms with E-state index in [1.807, 2.05) is 6.07 Å². The van der Waals surface area contributed by atoms with Gasteiger partial charge in [-0.05, 0) is 31.6 Å². The van der Waals surface area contributed by atoms with Crippen LogP contribution in [0.1, 0.15) is 32.6 Å². The van der Waals surface area contributed by atoms with Crippen LogP contribution in [0.4, 0.5) is 5.82 Å². The zero-order valence-electron chi connectivity index (χ0n) is 10.9. The predicted octanol–water partition coefficient (Wildman–Crippen LogP) is 1.80. The van der Waals surface area contributed by atoms with Crippen LogP contribution in [0.25, 0.3) is 0 Å². The second kappa shape index (κ2) is 6.54. The van der Waals surface area contributed by atoms with Crippen molar-refractivity contribution in [3.63, 3.8) is 0 Å². The molecule has 0 saturated heterocycles.